The minimum atomic E-state index is -1.10. The fourth-order valence-electron chi connectivity index (χ4n) is 6.25. The Bertz CT molecular complexity index is 1480. The summed E-state index contributed by atoms with van der Waals surface area (Å²) in [6.07, 6.45) is 3.92. The van der Waals surface area contributed by atoms with Gasteiger partial charge in [-0.05, 0) is 63.3 Å². The SMILES string of the molecule is COC(=O)C1CCC(OC[C@@H]2C[C@H](F)CN2C(=O)Cc2ccc(NC(=O)c3cn(C(C)C)c4ccccc34)c(Cl)c2)CC1. The smallest absolute Gasteiger partial charge is 0.308 e. The minimum Gasteiger partial charge on any atom is -0.469 e. The molecule has 2 heterocycles. The highest BCUT2D eigenvalue weighted by molar-refractivity contribution is 6.34. The van der Waals surface area contributed by atoms with E-state index in [1.807, 2.05) is 30.5 Å². The highest BCUT2D eigenvalue weighted by Gasteiger charge is 2.36. The molecule has 230 valence electrons. The van der Waals surface area contributed by atoms with Crippen molar-refractivity contribution in [3.63, 3.8) is 0 Å². The summed E-state index contributed by atoms with van der Waals surface area (Å²) < 4.78 is 27.4. The summed E-state index contributed by atoms with van der Waals surface area (Å²) in [4.78, 5) is 39.8. The molecule has 0 spiro atoms. The minimum absolute atomic E-state index is 0.0139. The van der Waals surface area contributed by atoms with Crippen LogP contribution in [-0.4, -0.2) is 65.8 Å². The first kappa shape index (κ1) is 31.0. The second kappa shape index (κ2) is 13.5. The summed E-state index contributed by atoms with van der Waals surface area (Å²) in [6, 6.07) is 12.7. The number of halogens is 2. The number of methoxy groups -OCH3 is 1. The lowest BCUT2D eigenvalue weighted by Gasteiger charge is -2.30. The Morgan fingerprint density at radius 1 is 1.09 bits per heavy atom. The van der Waals surface area contributed by atoms with E-state index < -0.39 is 6.17 Å². The van der Waals surface area contributed by atoms with Crippen molar-refractivity contribution in [3.8, 4) is 0 Å². The molecule has 2 aromatic carbocycles. The maximum Gasteiger partial charge on any atom is 0.308 e. The molecule has 2 atom stereocenters. The van der Waals surface area contributed by atoms with E-state index in [1.54, 1.807) is 23.1 Å². The van der Waals surface area contributed by atoms with E-state index in [1.165, 1.54) is 7.11 Å². The van der Waals surface area contributed by atoms with Crippen molar-refractivity contribution in [1.29, 1.82) is 0 Å². The zero-order valence-corrected chi connectivity index (χ0v) is 25.6. The Morgan fingerprint density at radius 2 is 1.84 bits per heavy atom. The number of rotatable bonds is 9. The fourth-order valence-corrected chi connectivity index (χ4v) is 6.50. The lowest BCUT2D eigenvalue weighted by Crippen LogP contribution is -2.40. The number of ether oxygens (including phenoxy) is 2. The predicted molar refractivity (Wildman–Crippen MR) is 164 cm³/mol. The van der Waals surface area contributed by atoms with Gasteiger partial charge in [0, 0.05) is 29.6 Å². The van der Waals surface area contributed by atoms with Crippen LogP contribution in [0.1, 0.15) is 67.9 Å². The third-order valence-electron chi connectivity index (χ3n) is 8.60. The second-order valence-electron chi connectivity index (χ2n) is 11.9. The number of carbonyl (C=O) groups is 3. The number of nitrogens with one attached hydrogen (secondary N) is 1. The highest BCUT2D eigenvalue weighted by atomic mass is 35.5. The van der Waals surface area contributed by atoms with Crippen molar-refractivity contribution >= 4 is 46.0 Å². The molecule has 2 amide bonds. The molecule has 10 heteroatoms. The molecule has 5 rings (SSSR count). The van der Waals surface area contributed by atoms with Crippen LogP contribution in [-0.2, 0) is 25.5 Å². The number of likely N-dealkylation sites (tertiary alicyclic amines) is 1. The summed E-state index contributed by atoms with van der Waals surface area (Å²) in [5.41, 5.74) is 2.66. The van der Waals surface area contributed by atoms with E-state index in [4.69, 9.17) is 21.1 Å². The first-order valence-corrected chi connectivity index (χ1v) is 15.3. The molecule has 3 aromatic rings. The largest absolute Gasteiger partial charge is 0.469 e. The molecule has 0 bridgehead atoms. The van der Waals surface area contributed by atoms with Crippen molar-refractivity contribution in [2.24, 2.45) is 5.92 Å². The maximum atomic E-state index is 14.4. The number of para-hydroxylation sites is 1. The zero-order valence-electron chi connectivity index (χ0n) is 24.9. The molecule has 2 aliphatic rings. The molecule has 1 aliphatic carbocycles. The molecule has 1 N–H and O–H groups in total. The van der Waals surface area contributed by atoms with Crippen molar-refractivity contribution in [1.82, 2.24) is 9.47 Å². The van der Waals surface area contributed by atoms with Gasteiger partial charge in [-0.25, -0.2) is 4.39 Å². The standard InChI is InChI=1S/C33H39ClFN3O5/c1-20(2)37-18-27(26-6-4-5-7-30(26)37)32(40)36-29-13-8-21(14-28(29)34)15-31(39)38-17-23(35)16-24(38)19-43-25-11-9-22(10-12-25)33(41)42-3/h4-8,13-14,18,20,22-25H,9-12,15-17,19H2,1-3H3,(H,36,40)/t22?,23-,24-,25?/m0/s1. The van der Waals surface area contributed by atoms with Gasteiger partial charge in [-0.1, -0.05) is 35.9 Å². The molecule has 43 heavy (non-hydrogen) atoms. The number of hydrogen-bond acceptors (Lipinski definition) is 5. The van der Waals surface area contributed by atoms with E-state index in [2.05, 4.69) is 23.7 Å². The van der Waals surface area contributed by atoms with E-state index in [0.717, 1.165) is 23.7 Å². The van der Waals surface area contributed by atoms with Crippen LogP contribution in [0.5, 0.6) is 0 Å². The van der Waals surface area contributed by atoms with E-state index in [-0.39, 0.29) is 67.9 Å². The van der Waals surface area contributed by atoms with Crippen LogP contribution >= 0.6 is 11.6 Å². The van der Waals surface area contributed by atoms with Crippen LogP contribution in [0.4, 0.5) is 10.1 Å². The number of carbonyl (C=O) groups excluding carboxylic acids is 3. The van der Waals surface area contributed by atoms with Crippen LogP contribution in [0.15, 0.2) is 48.7 Å². The summed E-state index contributed by atoms with van der Waals surface area (Å²) in [5.74, 6) is -0.744. The highest BCUT2D eigenvalue weighted by Crippen LogP contribution is 2.31. The number of benzene rings is 2. The first-order valence-electron chi connectivity index (χ1n) is 15.0. The van der Waals surface area contributed by atoms with Crippen LogP contribution < -0.4 is 5.32 Å². The molecule has 8 nitrogen and oxygen atoms in total. The monoisotopic (exact) mass is 611 g/mol. The zero-order chi connectivity index (χ0) is 30.7. The number of alkyl halides is 1. The van der Waals surface area contributed by atoms with Gasteiger partial charge in [0.25, 0.3) is 5.91 Å². The number of amides is 2. The molecule has 0 radical (unpaired) electrons. The predicted octanol–water partition coefficient (Wildman–Crippen LogP) is 6.36. The van der Waals surface area contributed by atoms with Crippen LogP contribution in [0.3, 0.4) is 0 Å². The summed E-state index contributed by atoms with van der Waals surface area (Å²) in [5, 5.41) is 4.08. The molecular weight excluding hydrogens is 573 g/mol. The van der Waals surface area contributed by atoms with Crippen molar-refractivity contribution < 1.29 is 28.2 Å². The van der Waals surface area contributed by atoms with Crippen molar-refractivity contribution in [2.75, 3.05) is 25.6 Å². The Labute approximate surface area is 256 Å². The van der Waals surface area contributed by atoms with Crippen molar-refractivity contribution in [3.05, 3.63) is 64.8 Å². The third kappa shape index (κ3) is 7.04. The number of esters is 1. The van der Waals surface area contributed by atoms with Gasteiger partial charge in [0.1, 0.15) is 6.17 Å². The van der Waals surface area contributed by atoms with E-state index >= 15 is 0 Å². The topological polar surface area (TPSA) is 89.9 Å². The quantitative estimate of drug-likeness (QED) is 0.285. The number of nitrogens with zero attached hydrogens (tertiary/aromatic N) is 2. The molecule has 1 saturated heterocycles. The third-order valence-corrected chi connectivity index (χ3v) is 8.91. The Morgan fingerprint density at radius 3 is 2.53 bits per heavy atom. The Balaban J connectivity index is 1.18. The Hall–Kier alpha value is -3.43. The van der Waals surface area contributed by atoms with Gasteiger partial charge in [0.15, 0.2) is 0 Å². The molecule has 2 fully saturated rings. The van der Waals surface area contributed by atoms with Gasteiger partial charge in [0.05, 0.1) is 61.0 Å². The average Bonchev–Trinajstić information content (AvgIpc) is 3.58. The van der Waals surface area contributed by atoms with Crippen molar-refractivity contribution in [2.45, 2.75) is 76.7 Å². The van der Waals surface area contributed by atoms with E-state index in [9.17, 15) is 18.8 Å². The lowest BCUT2D eigenvalue weighted by atomic mass is 9.87. The van der Waals surface area contributed by atoms with Gasteiger partial charge in [-0.15, -0.1) is 0 Å². The van der Waals surface area contributed by atoms with Crippen LogP contribution in [0.25, 0.3) is 10.9 Å². The molecule has 1 saturated carbocycles. The summed E-state index contributed by atoms with van der Waals surface area (Å²) in [6.45, 7) is 4.43. The number of aromatic nitrogens is 1. The lowest BCUT2D eigenvalue weighted by molar-refractivity contribution is -0.148. The second-order valence-corrected chi connectivity index (χ2v) is 12.3. The van der Waals surface area contributed by atoms with Gasteiger partial charge in [0.2, 0.25) is 5.91 Å². The van der Waals surface area contributed by atoms with Gasteiger partial charge in [-0.2, -0.15) is 0 Å². The van der Waals surface area contributed by atoms with Gasteiger partial charge >= 0.3 is 5.97 Å². The first-order chi connectivity index (χ1) is 20.6. The normalized spacial score (nSPS) is 22.2. The summed E-state index contributed by atoms with van der Waals surface area (Å²) >= 11 is 6.55. The number of fused-ring (bicyclic) bond motifs is 1. The van der Waals surface area contributed by atoms with Crippen LogP contribution in [0.2, 0.25) is 5.02 Å². The van der Waals surface area contributed by atoms with Gasteiger partial charge in [-0.3, -0.25) is 14.4 Å². The van der Waals surface area contributed by atoms with Gasteiger partial charge < -0.3 is 24.3 Å². The maximum absolute atomic E-state index is 14.4. The number of hydrogen-bond donors (Lipinski definition) is 1. The molecule has 1 aliphatic heterocycles. The molecular formula is C33H39ClFN3O5. The fraction of sp³-hybridized carbons (Fsp3) is 0.485. The number of anilines is 1. The van der Waals surface area contributed by atoms with Crippen LogP contribution in [0, 0.1) is 5.92 Å². The summed E-state index contributed by atoms with van der Waals surface area (Å²) in [7, 11) is 1.40. The molecule has 0 unspecified atom stereocenters. The molecule has 1 aromatic heterocycles. The Kier molecular flexibility index (Phi) is 9.72. The average molecular weight is 612 g/mol. The van der Waals surface area contributed by atoms with E-state index in [0.29, 0.717) is 34.7 Å².